The van der Waals surface area contributed by atoms with Crippen molar-refractivity contribution in [2.45, 2.75) is 33.1 Å². The van der Waals surface area contributed by atoms with E-state index >= 15 is 0 Å². The largest absolute Gasteiger partial charge is 0.550 e. The van der Waals surface area contributed by atoms with Crippen LogP contribution in [0.3, 0.4) is 0 Å². The first-order chi connectivity index (χ1) is 9.08. The third kappa shape index (κ3) is 2.48. The van der Waals surface area contributed by atoms with Crippen LogP contribution in [0.4, 0.5) is 5.69 Å². The van der Waals surface area contributed by atoms with Crippen molar-refractivity contribution in [2.75, 3.05) is 11.4 Å². The van der Waals surface area contributed by atoms with Gasteiger partial charge in [0.1, 0.15) is 0 Å². The third-order valence-electron chi connectivity index (χ3n) is 3.69. The average molecular weight is 260 g/mol. The van der Waals surface area contributed by atoms with E-state index in [0.29, 0.717) is 0 Å². The molecule has 2 rings (SSSR count). The van der Waals surface area contributed by atoms with Crippen LogP contribution in [-0.4, -0.2) is 18.4 Å². The predicted octanol–water partition coefficient (Wildman–Crippen LogP) is 0.914. The number of hydrogen-bond donors (Lipinski definition) is 0. The lowest BCUT2D eigenvalue weighted by Gasteiger charge is -2.23. The van der Waals surface area contributed by atoms with Gasteiger partial charge in [0.15, 0.2) is 0 Å². The number of rotatable bonds is 4. The molecule has 0 spiro atoms. The Kier molecular flexibility index (Phi) is 3.88. The summed E-state index contributed by atoms with van der Waals surface area (Å²) in [7, 11) is 0. The van der Waals surface area contributed by atoms with Crippen LogP contribution >= 0.6 is 0 Å². The van der Waals surface area contributed by atoms with E-state index in [9.17, 15) is 14.7 Å². The van der Waals surface area contributed by atoms with E-state index in [-0.39, 0.29) is 18.9 Å². The van der Waals surface area contributed by atoms with Crippen molar-refractivity contribution in [1.82, 2.24) is 0 Å². The lowest BCUT2D eigenvalue weighted by Crippen LogP contribution is -2.34. The van der Waals surface area contributed by atoms with E-state index < -0.39 is 11.9 Å². The van der Waals surface area contributed by atoms with Gasteiger partial charge in [-0.1, -0.05) is 32.0 Å². The van der Waals surface area contributed by atoms with E-state index in [1.165, 1.54) is 0 Å². The fraction of sp³-hybridized carbons (Fsp3) is 0.467. The molecule has 1 aliphatic heterocycles. The van der Waals surface area contributed by atoms with Gasteiger partial charge in [-0.15, -0.1) is 0 Å². The van der Waals surface area contributed by atoms with E-state index in [2.05, 4.69) is 0 Å². The van der Waals surface area contributed by atoms with Crippen LogP contribution < -0.4 is 10.0 Å². The first kappa shape index (κ1) is 13.6. The van der Waals surface area contributed by atoms with Gasteiger partial charge in [0.2, 0.25) is 5.91 Å². The summed E-state index contributed by atoms with van der Waals surface area (Å²) in [5, 5.41) is 10.9. The molecule has 0 radical (unpaired) electrons. The molecule has 1 heterocycles. The van der Waals surface area contributed by atoms with Gasteiger partial charge < -0.3 is 14.8 Å². The molecule has 1 atom stereocenters. The molecule has 4 nitrogen and oxygen atoms in total. The van der Waals surface area contributed by atoms with Gasteiger partial charge >= 0.3 is 0 Å². The van der Waals surface area contributed by atoms with Crippen molar-refractivity contribution in [3.05, 3.63) is 29.3 Å². The molecule has 0 bridgehead atoms. The zero-order valence-electron chi connectivity index (χ0n) is 11.3. The second-order valence-corrected chi connectivity index (χ2v) is 4.86. The highest BCUT2D eigenvalue weighted by Gasteiger charge is 2.33. The van der Waals surface area contributed by atoms with Crippen LogP contribution in [0.5, 0.6) is 0 Å². The zero-order chi connectivity index (χ0) is 14.0. The molecule has 0 N–H and O–H groups in total. The van der Waals surface area contributed by atoms with Crippen LogP contribution in [0.25, 0.3) is 0 Å². The molecule has 1 aliphatic rings. The van der Waals surface area contributed by atoms with E-state index in [0.717, 1.165) is 29.7 Å². The van der Waals surface area contributed by atoms with Crippen LogP contribution in [0, 0.1) is 5.92 Å². The molecular weight excluding hydrogens is 242 g/mol. The molecule has 1 fully saturated rings. The second kappa shape index (κ2) is 5.43. The Hall–Kier alpha value is -1.84. The Morgan fingerprint density at radius 3 is 2.32 bits per heavy atom. The number of carbonyl (C=O) groups is 2. The minimum Gasteiger partial charge on any atom is -0.550 e. The highest BCUT2D eigenvalue weighted by atomic mass is 16.4. The second-order valence-electron chi connectivity index (χ2n) is 4.86. The summed E-state index contributed by atoms with van der Waals surface area (Å²) >= 11 is 0. The maximum absolute atomic E-state index is 12.1. The Morgan fingerprint density at radius 1 is 1.32 bits per heavy atom. The number of nitrogens with zero attached hydrogens (tertiary/aromatic N) is 1. The van der Waals surface area contributed by atoms with Gasteiger partial charge in [-0.2, -0.15) is 0 Å². The standard InChI is InChI=1S/C15H19NO3/c1-3-10-6-5-7-11(4-2)14(10)16-9-12(15(18)19)8-13(16)17/h5-7,12H,3-4,8-9H2,1-2H3,(H,18,19)/p-1/t12-/m0/s1. The van der Waals surface area contributed by atoms with Crippen molar-refractivity contribution in [2.24, 2.45) is 5.92 Å². The summed E-state index contributed by atoms with van der Waals surface area (Å²) in [6, 6.07) is 5.97. The van der Waals surface area contributed by atoms with Crippen molar-refractivity contribution in [1.29, 1.82) is 0 Å². The molecule has 19 heavy (non-hydrogen) atoms. The first-order valence-electron chi connectivity index (χ1n) is 6.70. The number of carbonyl (C=O) groups excluding carboxylic acids is 2. The third-order valence-corrected chi connectivity index (χ3v) is 3.69. The van der Waals surface area contributed by atoms with Crippen molar-refractivity contribution < 1.29 is 14.7 Å². The molecule has 1 aromatic carbocycles. The van der Waals surface area contributed by atoms with Gasteiger partial charge in [0.25, 0.3) is 0 Å². The molecule has 0 unspecified atom stereocenters. The number of carboxylic acid groups (broad SMARTS) is 1. The highest BCUT2D eigenvalue weighted by molar-refractivity contribution is 6.00. The smallest absolute Gasteiger partial charge is 0.227 e. The Labute approximate surface area is 113 Å². The van der Waals surface area contributed by atoms with E-state index in [1.54, 1.807) is 4.90 Å². The lowest BCUT2D eigenvalue weighted by atomic mass is 10.0. The summed E-state index contributed by atoms with van der Waals surface area (Å²) in [5.41, 5.74) is 3.08. The molecule has 1 amide bonds. The van der Waals surface area contributed by atoms with Gasteiger partial charge in [-0.25, -0.2) is 0 Å². The topological polar surface area (TPSA) is 60.4 Å². The maximum atomic E-state index is 12.1. The Balaban J connectivity index is 2.41. The Morgan fingerprint density at radius 2 is 1.89 bits per heavy atom. The van der Waals surface area contributed by atoms with E-state index in [4.69, 9.17) is 0 Å². The number of para-hydroxylation sites is 1. The molecule has 4 heteroatoms. The maximum Gasteiger partial charge on any atom is 0.227 e. The van der Waals surface area contributed by atoms with E-state index in [1.807, 2.05) is 32.0 Å². The first-order valence-corrected chi connectivity index (χ1v) is 6.70. The SMILES string of the molecule is CCc1cccc(CC)c1N1C[C@@H](C(=O)[O-])CC1=O. The molecule has 1 aromatic rings. The number of benzene rings is 1. The van der Waals surface area contributed by atoms with Gasteiger partial charge in [0, 0.05) is 30.5 Å². The predicted molar refractivity (Wildman–Crippen MR) is 70.7 cm³/mol. The molecule has 0 saturated carbocycles. The fourth-order valence-corrected chi connectivity index (χ4v) is 2.64. The lowest BCUT2D eigenvalue weighted by molar-refractivity contribution is -0.310. The number of aryl methyl sites for hydroxylation is 2. The molecule has 0 aromatic heterocycles. The highest BCUT2D eigenvalue weighted by Crippen LogP contribution is 2.32. The molecule has 102 valence electrons. The van der Waals surface area contributed by atoms with Crippen molar-refractivity contribution in [3.63, 3.8) is 0 Å². The minimum absolute atomic E-state index is 0.0452. The average Bonchev–Trinajstić information content (AvgIpc) is 2.79. The van der Waals surface area contributed by atoms with Crippen molar-refractivity contribution >= 4 is 17.6 Å². The molecule has 1 saturated heterocycles. The van der Waals surface area contributed by atoms with Gasteiger partial charge in [0.05, 0.1) is 0 Å². The Bertz CT molecular complexity index is 488. The minimum atomic E-state index is -1.14. The number of hydrogen-bond acceptors (Lipinski definition) is 3. The summed E-state index contributed by atoms with van der Waals surface area (Å²) < 4.78 is 0. The number of aliphatic carboxylic acids is 1. The number of amides is 1. The monoisotopic (exact) mass is 260 g/mol. The molecular formula is C15H18NO3-. The number of anilines is 1. The fourth-order valence-electron chi connectivity index (χ4n) is 2.64. The van der Waals surface area contributed by atoms with Gasteiger partial charge in [-0.05, 0) is 24.0 Å². The van der Waals surface area contributed by atoms with Gasteiger partial charge in [-0.3, -0.25) is 4.79 Å². The van der Waals surface area contributed by atoms with Crippen LogP contribution in [-0.2, 0) is 22.4 Å². The summed E-state index contributed by atoms with van der Waals surface area (Å²) in [4.78, 5) is 24.6. The normalized spacial score (nSPS) is 18.9. The molecule has 0 aliphatic carbocycles. The van der Waals surface area contributed by atoms with Crippen LogP contribution in [0.15, 0.2) is 18.2 Å². The summed E-state index contributed by atoms with van der Waals surface area (Å²) in [6.07, 6.45) is 1.69. The quantitative estimate of drug-likeness (QED) is 0.808. The number of carboxylic acids is 1. The summed E-state index contributed by atoms with van der Waals surface area (Å²) in [5.74, 6) is -1.95. The summed E-state index contributed by atoms with van der Waals surface area (Å²) in [6.45, 7) is 4.30. The zero-order valence-corrected chi connectivity index (χ0v) is 11.3. The van der Waals surface area contributed by atoms with Crippen LogP contribution in [0.1, 0.15) is 31.4 Å². The van der Waals surface area contributed by atoms with Crippen LogP contribution in [0.2, 0.25) is 0 Å². The van der Waals surface area contributed by atoms with Crippen molar-refractivity contribution in [3.8, 4) is 0 Å².